The highest BCUT2D eigenvalue weighted by Gasteiger charge is 2.48. The monoisotopic (exact) mass is 824 g/mol. The van der Waals surface area contributed by atoms with Gasteiger partial charge in [-0.1, -0.05) is 171 Å². The molecule has 2 heterocycles. The lowest BCUT2D eigenvalue weighted by Crippen LogP contribution is -2.38. The normalized spacial score (nSPS) is 15.7. The lowest BCUT2D eigenvalue weighted by molar-refractivity contribution is 0.759. The Hall–Kier alpha value is -5.69. The Labute approximate surface area is 364 Å². The molecule has 0 radical (unpaired) electrons. The summed E-state index contributed by atoms with van der Waals surface area (Å²) >= 11 is 0. The highest BCUT2D eigenvalue weighted by atomic mass is 28.3. The van der Waals surface area contributed by atoms with Crippen molar-refractivity contribution >= 4 is 70.8 Å². The van der Waals surface area contributed by atoms with Crippen LogP contribution in [0.5, 0.6) is 0 Å². The topological polar surface area (TPSA) is 6.48 Å². The molecule has 0 bridgehead atoms. The Morgan fingerprint density at radius 3 is 1.51 bits per heavy atom. The Morgan fingerprint density at radius 1 is 0.443 bits per heavy atom. The summed E-state index contributed by atoms with van der Waals surface area (Å²) in [4.78, 5) is 5.21. The fraction of sp³-hybridized carbons (Fsp3) is 0.228. The lowest BCUT2D eigenvalue weighted by atomic mass is 9.66. The molecular formula is C57H56N2Si2. The van der Waals surface area contributed by atoms with E-state index in [2.05, 4.69) is 207 Å². The van der Waals surface area contributed by atoms with Crippen molar-refractivity contribution in [3.05, 3.63) is 191 Å². The zero-order valence-electron chi connectivity index (χ0n) is 36.6. The van der Waals surface area contributed by atoms with E-state index in [1.807, 2.05) is 0 Å². The van der Waals surface area contributed by atoms with Crippen LogP contribution < -0.4 is 20.2 Å². The van der Waals surface area contributed by atoms with Gasteiger partial charge >= 0.3 is 0 Å². The van der Waals surface area contributed by atoms with E-state index in [9.17, 15) is 0 Å². The second-order valence-corrected chi connectivity index (χ2v) is 30.1. The third kappa shape index (κ3) is 6.01. The number of aryl methyl sites for hydroxylation is 2. The molecule has 302 valence electrons. The standard InChI is InChI=1S/C57H56N2Si2/c1-60(2,3)45-27-31-53-39(35-45)17-15-33-58(53)43-25-29-49-51(37-43)47-23-13-14-24-48(47)55-50-30-26-44(59-34-16-18-40-36-46(61(4,5)6)28-32-54(40)59)38-52(50)57(56(49)55,41-19-9-7-10-20-41)42-21-11-8-12-22-42/h7-14,19-32,35-38H,15-18,33-34H2,1-6H3. The maximum absolute atomic E-state index is 2.61. The first-order valence-corrected chi connectivity index (χ1v) is 29.6. The van der Waals surface area contributed by atoms with Crippen LogP contribution >= 0.6 is 0 Å². The van der Waals surface area contributed by atoms with E-state index in [0.717, 1.165) is 38.8 Å². The second kappa shape index (κ2) is 14.2. The zero-order chi connectivity index (χ0) is 41.7. The van der Waals surface area contributed by atoms with E-state index < -0.39 is 21.6 Å². The maximum atomic E-state index is 2.61. The second-order valence-electron chi connectivity index (χ2n) is 19.9. The van der Waals surface area contributed by atoms with Crippen molar-refractivity contribution in [3.8, 4) is 11.1 Å². The average Bonchev–Trinajstić information content (AvgIpc) is 3.59. The van der Waals surface area contributed by atoms with Crippen LogP contribution in [0.1, 0.15) is 46.2 Å². The van der Waals surface area contributed by atoms with E-state index in [-0.39, 0.29) is 0 Å². The molecule has 0 N–H and O–H groups in total. The SMILES string of the molecule is C[Si](C)(C)c1ccc2c(c1)CCCN2c1ccc2c(c1)C(c1ccccc1)(c1ccccc1)c1c-2c2ccccc2c2cc(N3CCCc4cc([Si](C)(C)C)ccc43)ccc12. The van der Waals surface area contributed by atoms with Gasteiger partial charge in [-0.15, -0.1) is 0 Å². The van der Waals surface area contributed by atoms with Crippen LogP contribution in [0.25, 0.3) is 32.7 Å². The van der Waals surface area contributed by atoms with Crippen molar-refractivity contribution in [1.82, 2.24) is 0 Å². The van der Waals surface area contributed by atoms with Gasteiger partial charge in [0.1, 0.15) is 0 Å². The molecule has 0 amide bonds. The maximum Gasteiger partial charge on any atom is 0.0776 e. The summed E-state index contributed by atoms with van der Waals surface area (Å²) in [6.07, 6.45) is 4.60. The smallest absolute Gasteiger partial charge is 0.0776 e. The highest BCUT2D eigenvalue weighted by Crippen LogP contribution is 2.61. The molecule has 11 rings (SSSR count). The van der Waals surface area contributed by atoms with Crippen molar-refractivity contribution in [2.75, 3.05) is 22.9 Å². The van der Waals surface area contributed by atoms with Crippen LogP contribution in [0.2, 0.25) is 39.3 Å². The minimum atomic E-state index is -1.44. The molecule has 0 saturated carbocycles. The Bertz CT molecular complexity index is 2970. The summed E-state index contributed by atoms with van der Waals surface area (Å²) in [7, 11) is -2.87. The summed E-state index contributed by atoms with van der Waals surface area (Å²) in [5.74, 6) is 0. The van der Waals surface area contributed by atoms with Gasteiger partial charge < -0.3 is 9.80 Å². The molecule has 2 nitrogen and oxygen atoms in total. The molecule has 0 spiro atoms. The molecule has 1 aliphatic carbocycles. The Balaban J connectivity index is 1.18. The van der Waals surface area contributed by atoms with E-state index in [4.69, 9.17) is 0 Å². The Morgan fingerprint density at radius 2 is 0.951 bits per heavy atom. The van der Waals surface area contributed by atoms with E-state index in [1.165, 1.54) is 88.8 Å². The number of benzene rings is 8. The molecule has 3 aliphatic rings. The number of anilines is 4. The van der Waals surface area contributed by atoms with Crippen molar-refractivity contribution in [2.24, 2.45) is 0 Å². The molecule has 0 aromatic heterocycles. The molecule has 61 heavy (non-hydrogen) atoms. The van der Waals surface area contributed by atoms with Crippen LogP contribution in [-0.2, 0) is 18.3 Å². The number of rotatable bonds is 6. The third-order valence-corrected chi connectivity index (χ3v) is 18.3. The van der Waals surface area contributed by atoms with E-state index in [0.29, 0.717) is 0 Å². The van der Waals surface area contributed by atoms with Gasteiger partial charge in [0, 0.05) is 35.8 Å². The van der Waals surface area contributed by atoms with Gasteiger partial charge in [-0.2, -0.15) is 0 Å². The minimum Gasteiger partial charge on any atom is -0.341 e. The summed E-state index contributed by atoms with van der Waals surface area (Å²) in [5, 5.41) is 8.40. The first-order chi connectivity index (χ1) is 29.5. The lowest BCUT2D eigenvalue weighted by Gasteiger charge is -2.37. The largest absolute Gasteiger partial charge is 0.341 e. The molecule has 0 saturated heterocycles. The quantitative estimate of drug-likeness (QED) is 0.122. The van der Waals surface area contributed by atoms with E-state index in [1.54, 1.807) is 10.4 Å². The molecular weight excluding hydrogens is 769 g/mol. The van der Waals surface area contributed by atoms with Crippen molar-refractivity contribution < 1.29 is 0 Å². The minimum absolute atomic E-state index is 0.543. The predicted molar refractivity (Wildman–Crippen MR) is 268 cm³/mol. The van der Waals surface area contributed by atoms with Crippen LogP contribution in [0.3, 0.4) is 0 Å². The van der Waals surface area contributed by atoms with E-state index >= 15 is 0 Å². The Kier molecular flexibility index (Phi) is 8.90. The molecule has 0 atom stereocenters. The van der Waals surface area contributed by atoms with Crippen LogP contribution in [0.15, 0.2) is 158 Å². The van der Waals surface area contributed by atoms with Crippen molar-refractivity contribution in [1.29, 1.82) is 0 Å². The fourth-order valence-electron chi connectivity index (χ4n) is 11.2. The van der Waals surface area contributed by atoms with Gasteiger partial charge in [-0.3, -0.25) is 0 Å². The molecule has 2 aliphatic heterocycles. The van der Waals surface area contributed by atoms with Gasteiger partial charge in [-0.05, 0) is 128 Å². The predicted octanol–water partition coefficient (Wildman–Crippen LogP) is 13.6. The van der Waals surface area contributed by atoms with Gasteiger partial charge in [0.05, 0.1) is 21.6 Å². The van der Waals surface area contributed by atoms with Gasteiger partial charge in [0.2, 0.25) is 0 Å². The number of fused-ring (bicyclic) bond motifs is 10. The molecule has 8 aromatic rings. The number of hydrogen-bond acceptors (Lipinski definition) is 2. The van der Waals surface area contributed by atoms with Crippen LogP contribution in [0, 0.1) is 0 Å². The van der Waals surface area contributed by atoms with Gasteiger partial charge in [0.25, 0.3) is 0 Å². The van der Waals surface area contributed by atoms with Crippen LogP contribution in [0.4, 0.5) is 22.7 Å². The number of hydrogen-bond donors (Lipinski definition) is 0. The molecule has 8 aromatic carbocycles. The van der Waals surface area contributed by atoms with Gasteiger partial charge in [0.15, 0.2) is 0 Å². The molecule has 4 heteroatoms. The van der Waals surface area contributed by atoms with Gasteiger partial charge in [-0.25, -0.2) is 0 Å². The number of nitrogens with zero attached hydrogens (tertiary/aromatic N) is 2. The third-order valence-electron chi connectivity index (χ3n) is 14.2. The summed E-state index contributed by atoms with van der Waals surface area (Å²) in [5.41, 5.74) is 15.8. The molecule has 0 unspecified atom stereocenters. The first kappa shape index (κ1) is 38.3. The van der Waals surface area contributed by atoms with Crippen molar-refractivity contribution in [3.63, 3.8) is 0 Å². The fourth-order valence-corrected chi connectivity index (χ4v) is 13.6. The summed E-state index contributed by atoms with van der Waals surface area (Å²) in [6.45, 7) is 16.8. The first-order valence-electron chi connectivity index (χ1n) is 22.6. The summed E-state index contributed by atoms with van der Waals surface area (Å²) < 4.78 is 0. The van der Waals surface area contributed by atoms with Crippen LogP contribution in [-0.4, -0.2) is 29.2 Å². The van der Waals surface area contributed by atoms with Crippen molar-refractivity contribution in [2.45, 2.75) is 70.4 Å². The zero-order valence-corrected chi connectivity index (χ0v) is 38.6. The average molecular weight is 825 g/mol. The summed E-state index contributed by atoms with van der Waals surface area (Å²) in [6, 6.07) is 61.7. The molecule has 0 fully saturated rings. The highest BCUT2D eigenvalue weighted by molar-refractivity contribution is 6.89.